The van der Waals surface area contributed by atoms with Gasteiger partial charge in [0.05, 0.1) is 5.70 Å². The molecular weight excluding hydrogens is 214 g/mol. The van der Waals surface area contributed by atoms with Gasteiger partial charge in [-0.1, -0.05) is 6.58 Å². The summed E-state index contributed by atoms with van der Waals surface area (Å²) in [6, 6.07) is 1.65. The maximum absolute atomic E-state index is 10.4. The van der Waals surface area contributed by atoms with Crippen molar-refractivity contribution >= 4 is 11.7 Å². The van der Waals surface area contributed by atoms with Gasteiger partial charge in [-0.25, -0.2) is 4.79 Å². The zero-order valence-electron chi connectivity index (χ0n) is 8.19. The third kappa shape index (κ3) is 2.27. The molecule has 2 amide bonds. The lowest BCUT2D eigenvalue weighted by atomic mass is 10.1. The van der Waals surface area contributed by atoms with Crippen molar-refractivity contribution in [2.24, 2.45) is 5.73 Å². The molecule has 0 spiro atoms. The summed E-state index contributed by atoms with van der Waals surface area (Å²) in [4.78, 5) is 10.4. The number of carbonyl (C=O) groups excluding carboxylic acids is 1. The molecule has 0 radical (unpaired) electrons. The van der Waals surface area contributed by atoms with E-state index in [9.17, 15) is 15.0 Å². The Morgan fingerprint density at radius 2 is 1.81 bits per heavy atom. The van der Waals surface area contributed by atoms with E-state index >= 15 is 0 Å². The second kappa shape index (κ2) is 4.30. The van der Waals surface area contributed by atoms with Gasteiger partial charge in [0.15, 0.2) is 11.5 Å². The number of phenols is 3. The van der Waals surface area contributed by atoms with Crippen molar-refractivity contribution < 1.29 is 20.1 Å². The molecule has 7 heteroatoms. The van der Waals surface area contributed by atoms with Crippen molar-refractivity contribution in [3.05, 3.63) is 24.3 Å². The number of amides is 2. The molecule has 0 unspecified atom stereocenters. The molecule has 0 saturated heterocycles. The van der Waals surface area contributed by atoms with Gasteiger partial charge >= 0.3 is 6.03 Å². The molecule has 0 atom stereocenters. The summed E-state index contributed by atoms with van der Waals surface area (Å²) in [5.74, 6) is -1.68. The Morgan fingerprint density at radius 1 is 1.19 bits per heavy atom. The first-order chi connectivity index (χ1) is 7.43. The number of hydrogen-bond donors (Lipinski definition) is 6. The van der Waals surface area contributed by atoms with Gasteiger partial charge < -0.3 is 21.1 Å². The number of primary amides is 1. The highest BCUT2D eigenvalue weighted by Crippen LogP contribution is 2.38. The van der Waals surface area contributed by atoms with Crippen LogP contribution < -0.4 is 16.6 Å². The average molecular weight is 225 g/mol. The third-order valence-corrected chi connectivity index (χ3v) is 1.79. The van der Waals surface area contributed by atoms with E-state index in [0.29, 0.717) is 0 Å². The number of nitrogens with two attached hydrogens (primary N) is 1. The Hall–Kier alpha value is -2.57. The summed E-state index contributed by atoms with van der Waals surface area (Å²) in [5.41, 5.74) is 9.38. The number of phenolic OH excluding ortho intramolecular Hbond substituents is 3. The summed E-state index contributed by atoms with van der Waals surface area (Å²) >= 11 is 0. The molecule has 7 nitrogen and oxygen atoms in total. The predicted molar refractivity (Wildman–Crippen MR) is 56.3 cm³/mol. The molecule has 0 bridgehead atoms. The summed E-state index contributed by atoms with van der Waals surface area (Å²) in [6.45, 7) is 3.49. The van der Waals surface area contributed by atoms with E-state index in [1.807, 2.05) is 5.43 Å². The van der Waals surface area contributed by atoms with Crippen molar-refractivity contribution in [3.8, 4) is 17.2 Å². The monoisotopic (exact) mass is 225 g/mol. The quantitative estimate of drug-likeness (QED) is 0.317. The smallest absolute Gasteiger partial charge is 0.330 e. The van der Waals surface area contributed by atoms with Crippen molar-refractivity contribution in [3.63, 3.8) is 0 Å². The molecule has 0 fully saturated rings. The molecule has 1 rings (SSSR count). The van der Waals surface area contributed by atoms with E-state index in [1.165, 1.54) is 12.1 Å². The first-order valence-electron chi connectivity index (χ1n) is 4.18. The van der Waals surface area contributed by atoms with Crippen molar-refractivity contribution in [1.82, 2.24) is 10.9 Å². The fraction of sp³-hybridized carbons (Fsp3) is 0. The van der Waals surface area contributed by atoms with Gasteiger partial charge in [-0.05, 0) is 12.1 Å². The van der Waals surface area contributed by atoms with E-state index in [0.717, 1.165) is 0 Å². The lowest BCUT2D eigenvalue weighted by Crippen LogP contribution is -2.39. The minimum atomic E-state index is -0.830. The zero-order valence-corrected chi connectivity index (χ0v) is 8.19. The molecule has 0 aliphatic heterocycles. The molecule has 0 saturated carbocycles. The Morgan fingerprint density at radius 3 is 2.38 bits per heavy atom. The van der Waals surface area contributed by atoms with E-state index in [1.54, 1.807) is 0 Å². The second-order valence-electron chi connectivity index (χ2n) is 2.92. The molecule has 86 valence electrons. The summed E-state index contributed by atoms with van der Waals surface area (Å²) in [7, 11) is 0. The number of hydrazine groups is 1. The summed E-state index contributed by atoms with van der Waals surface area (Å²) in [5, 5.41) is 27.8. The van der Waals surface area contributed by atoms with Gasteiger partial charge in [0.1, 0.15) is 0 Å². The van der Waals surface area contributed by atoms with Crippen LogP contribution in [0.2, 0.25) is 0 Å². The molecule has 0 aliphatic carbocycles. The third-order valence-electron chi connectivity index (χ3n) is 1.79. The van der Waals surface area contributed by atoms with Gasteiger partial charge in [-0.15, -0.1) is 0 Å². The lowest BCUT2D eigenvalue weighted by molar-refractivity contribution is 0.247. The van der Waals surface area contributed by atoms with Gasteiger partial charge in [-0.2, -0.15) is 0 Å². The SMILES string of the molecule is C=C(NNC(N)=O)c1ccc(O)c(O)c1O. The first-order valence-corrected chi connectivity index (χ1v) is 4.18. The topological polar surface area (TPSA) is 128 Å². The highest BCUT2D eigenvalue weighted by molar-refractivity contribution is 5.76. The molecule has 0 aromatic heterocycles. The number of benzene rings is 1. The van der Waals surface area contributed by atoms with Crippen LogP contribution in [0.1, 0.15) is 5.56 Å². The van der Waals surface area contributed by atoms with Crippen molar-refractivity contribution in [1.29, 1.82) is 0 Å². The molecule has 0 heterocycles. The molecule has 7 N–H and O–H groups in total. The van der Waals surface area contributed by atoms with Crippen molar-refractivity contribution in [2.45, 2.75) is 0 Å². The number of aromatic hydroxyl groups is 3. The van der Waals surface area contributed by atoms with Crippen LogP contribution >= 0.6 is 0 Å². The minimum absolute atomic E-state index is 0.103. The van der Waals surface area contributed by atoms with Crippen LogP contribution in [0.25, 0.3) is 5.70 Å². The fourth-order valence-corrected chi connectivity index (χ4v) is 1.02. The van der Waals surface area contributed by atoms with E-state index in [2.05, 4.69) is 12.0 Å². The van der Waals surface area contributed by atoms with Crippen LogP contribution in [0.15, 0.2) is 18.7 Å². The Bertz CT molecular complexity index is 445. The van der Waals surface area contributed by atoms with Gasteiger partial charge in [0.25, 0.3) is 0 Å². The van der Waals surface area contributed by atoms with Crippen molar-refractivity contribution in [2.75, 3.05) is 0 Å². The maximum Gasteiger partial charge on any atom is 0.330 e. The number of carbonyl (C=O) groups is 1. The number of urea groups is 1. The molecular formula is C9H11N3O4. The largest absolute Gasteiger partial charge is 0.504 e. The predicted octanol–water partition coefficient (Wildman–Crippen LogP) is -0.0530. The first kappa shape index (κ1) is 11.5. The zero-order chi connectivity index (χ0) is 12.3. The standard InChI is InChI=1S/C9H11N3O4/c1-4(11-12-9(10)16)5-2-3-6(13)8(15)7(5)14/h2-3,11,13-15H,1H2,(H3,10,12,16). The van der Waals surface area contributed by atoms with Gasteiger partial charge in [-0.3, -0.25) is 10.9 Å². The summed E-state index contributed by atoms with van der Waals surface area (Å²) < 4.78 is 0. The van der Waals surface area contributed by atoms with Crippen LogP contribution in [0, 0.1) is 0 Å². The van der Waals surface area contributed by atoms with Crippen LogP contribution in [0.3, 0.4) is 0 Å². The molecule has 1 aromatic carbocycles. The van der Waals surface area contributed by atoms with E-state index in [4.69, 9.17) is 10.8 Å². The van der Waals surface area contributed by atoms with Crippen LogP contribution in [-0.4, -0.2) is 21.4 Å². The van der Waals surface area contributed by atoms with Gasteiger partial charge in [0, 0.05) is 5.56 Å². The Kier molecular flexibility index (Phi) is 3.09. The van der Waals surface area contributed by atoms with Crippen LogP contribution in [0.5, 0.6) is 17.2 Å². The Balaban J connectivity index is 2.92. The fourth-order valence-electron chi connectivity index (χ4n) is 1.02. The minimum Gasteiger partial charge on any atom is -0.504 e. The molecule has 16 heavy (non-hydrogen) atoms. The highest BCUT2D eigenvalue weighted by atomic mass is 16.3. The number of nitrogens with one attached hydrogen (secondary N) is 2. The van der Waals surface area contributed by atoms with E-state index < -0.39 is 23.3 Å². The maximum atomic E-state index is 10.4. The average Bonchev–Trinajstić information content (AvgIpc) is 2.23. The lowest BCUT2D eigenvalue weighted by Gasteiger charge is -2.12. The van der Waals surface area contributed by atoms with Crippen LogP contribution in [-0.2, 0) is 0 Å². The Labute approximate surface area is 90.8 Å². The molecule has 1 aromatic rings. The number of hydrogen-bond acceptors (Lipinski definition) is 5. The second-order valence-corrected chi connectivity index (χ2v) is 2.92. The molecule has 0 aliphatic rings. The van der Waals surface area contributed by atoms with E-state index in [-0.39, 0.29) is 11.3 Å². The highest BCUT2D eigenvalue weighted by Gasteiger charge is 2.13. The van der Waals surface area contributed by atoms with Crippen LogP contribution in [0.4, 0.5) is 4.79 Å². The number of rotatable bonds is 3. The summed E-state index contributed by atoms with van der Waals surface area (Å²) in [6.07, 6.45) is 0. The van der Waals surface area contributed by atoms with Gasteiger partial charge in [0.2, 0.25) is 5.75 Å². The normalized spacial score (nSPS) is 9.50.